The number of carbonyl (C=O) groups excluding carboxylic acids is 3. The number of esters is 1. The number of hydrazone groups is 1. The lowest BCUT2D eigenvalue weighted by atomic mass is 10.1. The van der Waals surface area contributed by atoms with Crippen molar-refractivity contribution >= 4 is 40.8 Å². The van der Waals surface area contributed by atoms with E-state index in [2.05, 4.69) is 5.10 Å². The second-order valence-corrected chi connectivity index (χ2v) is 7.92. The number of ether oxygens (including phenoxy) is 1. The minimum absolute atomic E-state index is 0.174. The second kappa shape index (κ2) is 11.0. The van der Waals surface area contributed by atoms with E-state index in [1.165, 1.54) is 12.1 Å². The van der Waals surface area contributed by atoms with Crippen LogP contribution in [-0.4, -0.2) is 23.5 Å². The number of nitrogens with zero attached hydrogens (tertiary/aromatic N) is 1. The van der Waals surface area contributed by atoms with E-state index in [9.17, 15) is 27.6 Å². The molecule has 0 atom stereocenters. The fourth-order valence-corrected chi connectivity index (χ4v) is 3.12. The van der Waals surface area contributed by atoms with Gasteiger partial charge in [0.2, 0.25) is 0 Å². The first-order chi connectivity index (χ1) is 17.0. The van der Waals surface area contributed by atoms with Gasteiger partial charge in [-0.15, -0.1) is 0 Å². The molecule has 0 bridgehead atoms. The Morgan fingerprint density at radius 3 is 2.25 bits per heavy atom. The minimum Gasteiger partial charge on any atom is -0.423 e. The molecule has 186 valence electrons. The van der Waals surface area contributed by atoms with Gasteiger partial charge in [0.25, 0.3) is 0 Å². The molecule has 0 aliphatic heterocycles. The van der Waals surface area contributed by atoms with Crippen molar-refractivity contribution in [3.63, 3.8) is 0 Å². The molecule has 7 nitrogen and oxygen atoms in total. The van der Waals surface area contributed by atoms with Crippen LogP contribution in [0.2, 0.25) is 5.02 Å². The fraction of sp³-hybridized carbons (Fsp3) is 0.120. The largest absolute Gasteiger partial charge is 0.423 e. The van der Waals surface area contributed by atoms with Gasteiger partial charge in [0.05, 0.1) is 27.5 Å². The fourth-order valence-electron chi connectivity index (χ4n) is 2.95. The van der Waals surface area contributed by atoms with Gasteiger partial charge < -0.3 is 10.1 Å². The highest BCUT2D eigenvalue weighted by molar-refractivity contribution is 6.41. The number of halogens is 4. The molecular weight excluding hydrogens is 499 g/mol. The lowest BCUT2D eigenvalue weighted by molar-refractivity contribution is -0.137. The third-order valence-electron chi connectivity index (χ3n) is 4.92. The van der Waals surface area contributed by atoms with Gasteiger partial charge in [0.1, 0.15) is 5.75 Å². The van der Waals surface area contributed by atoms with Crippen LogP contribution in [0.1, 0.15) is 34.0 Å². The van der Waals surface area contributed by atoms with E-state index < -0.39 is 29.5 Å². The molecule has 0 aliphatic rings. The summed E-state index contributed by atoms with van der Waals surface area (Å²) in [6, 6.07) is 15.6. The maximum absolute atomic E-state index is 12.9. The first kappa shape index (κ1) is 26.4. The molecule has 2 amide bonds. The second-order valence-electron chi connectivity index (χ2n) is 7.51. The third-order valence-corrected chi connectivity index (χ3v) is 5.25. The quantitative estimate of drug-likeness (QED) is 0.156. The van der Waals surface area contributed by atoms with Crippen LogP contribution in [-0.2, 0) is 15.8 Å². The summed E-state index contributed by atoms with van der Waals surface area (Å²) in [6.07, 6.45) is -4.65. The van der Waals surface area contributed by atoms with E-state index in [4.69, 9.17) is 16.3 Å². The van der Waals surface area contributed by atoms with Gasteiger partial charge >= 0.3 is 24.0 Å². The predicted octanol–water partition coefficient (Wildman–Crippen LogP) is 5.37. The summed E-state index contributed by atoms with van der Waals surface area (Å²) in [5.74, 6) is -2.69. The maximum Gasteiger partial charge on any atom is 0.416 e. The van der Waals surface area contributed by atoms with Crippen molar-refractivity contribution in [1.82, 2.24) is 5.43 Å². The number of amides is 2. The Kier molecular flexibility index (Phi) is 8.11. The Labute approximate surface area is 208 Å². The van der Waals surface area contributed by atoms with Gasteiger partial charge in [-0.2, -0.15) is 18.3 Å². The van der Waals surface area contributed by atoms with Gasteiger partial charge in [-0.1, -0.05) is 29.8 Å². The minimum atomic E-state index is -4.65. The topological polar surface area (TPSA) is 96.9 Å². The van der Waals surface area contributed by atoms with Crippen LogP contribution in [0.25, 0.3) is 0 Å². The molecular formula is C25H19ClF3N3O4. The van der Waals surface area contributed by atoms with E-state index >= 15 is 0 Å². The third kappa shape index (κ3) is 6.70. The van der Waals surface area contributed by atoms with Crippen molar-refractivity contribution in [3.8, 4) is 5.75 Å². The van der Waals surface area contributed by atoms with Crippen LogP contribution < -0.4 is 15.5 Å². The van der Waals surface area contributed by atoms with Crippen molar-refractivity contribution in [2.75, 3.05) is 5.32 Å². The van der Waals surface area contributed by atoms with Gasteiger partial charge in [-0.05, 0) is 73.5 Å². The number of alkyl halides is 3. The number of benzene rings is 3. The lowest BCUT2D eigenvalue weighted by Gasteiger charge is -2.11. The molecule has 3 aromatic carbocycles. The number of rotatable bonds is 5. The summed E-state index contributed by atoms with van der Waals surface area (Å²) in [4.78, 5) is 36.5. The van der Waals surface area contributed by atoms with Gasteiger partial charge in [0, 0.05) is 0 Å². The average molecular weight is 518 g/mol. The van der Waals surface area contributed by atoms with E-state index in [1.807, 2.05) is 16.8 Å². The van der Waals surface area contributed by atoms with Gasteiger partial charge in [0.15, 0.2) is 0 Å². The Balaban J connectivity index is 1.61. The highest BCUT2D eigenvalue weighted by Gasteiger charge is 2.31. The number of hydrogen-bond donors (Lipinski definition) is 2. The standard InChI is InChI=1S/C25H19ClF3N3O4/c1-14-5-3-4-6-19(14)24(35)36-18-10-7-16(8-11-18)15(2)31-32-23(34)22(33)30-21-13-17(25(27,28)29)9-12-20(21)26/h3-13H,1-2H3,(H,30,33)(H,32,34)/b31-15+. The summed E-state index contributed by atoms with van der Waals surface area (Å²) in [7, 11) is 0. The molecule has 11 heteroatoms. The zero-order valence-electron chi connectivity index (χ0n) is 18.9. The first-order valence-corrected chi connectivity index (χ1v) is 10.7. The van der Waals surface area contributed by atoms with Crippen LogP contribution in [0, 0.1) is 6.92 Å². The molecule has 0 saturated heterocycles. The van der Waals surface area contributed by atoms with Crippen molar-refractivity contribution < 1.29 is 32.3 Å². The maximum atomic E-state index is 12.9. The van der Waals surface area contributed by atoms with Crippen molar-refractivity contribution in [2.45, 2.75) is 20.0 Å². The van der Waals surface area contributed by atoms with E-state index in [-0.39, 0.29) is 10.7 Å². The molecule has 0 unspecified atom stereocenters. The molecule has 0 saturated carbocycles. The van der Waals surface area contributed by atoms with E-state index in [0.29, 0.717) is 28.7 Å². The molecule has 3 aromatic rings. The van der Waals surface area contributed by atoms with Crippen LogP contribution in [0.15, 0.2) is 71.8 Å². The Bertz CT molecular complexity index is 1340. The Hall–Kier alpha value is -4.18. The van der Waals surface area contributed by atoms with Crippen LogP contribution >= 0.6 is 11.6 Å². The van der Waals surface area contributed by atoms with Crippen LogP contribution in [0.4, 0.5) is 18.9 Å². The van der Waals surface area contributed by atoms with E-state index in [1.54, 1.807) is 44.2 Å². The summed E-state index contributed by atoms with van der Waals surface area (Å²) in [5, 5.41) is 5.68. The normalized spacial score (nSPS) is 11.6. The summed E-state index contributed by atoms with van der Waals surface area (Å²) in [5.41, 5.74) is 2.69. The smallest absolute Gasteiger partial charge is 0.416 e. The number of anilines is 1. The summed E-state index contributed by atoms with van der Waals surface area (Å²) >= 11 is 5.82. The van der Waals surface area contributed by atoms with Crippen LogP contribution in [0.3, 0.4) is 0 Å². The Morgan fingerprint density at radius 2 is 1.61 bits per heavy atom. The number of hydrogen-bond acceptors (Lipinski definition) is 5. The highest BCUT2D eigenvalue weighted by Crippen LogP contribution is 2.33. The summed E-state index contributed by atoms with van der Waals surface area (Å²) in [6.45, 7) is 3.35. The number of aryl methyl sites for hydroxylation is 1. The average Bonchev–Trinajstić information content (AvgIpc) is 2.83. The molecule has 0 fully saturated rings. The molecule has 0 aliphatic carbocycles. The van der Waals surface area contributed by atoms with Crippen LogP contribution in [0.5, 0.6) is 5.75 Å². The first-order valence-electron chi connectivity index (χ1n) is 10.4. The van der Waals surface area contributed by atoms with Crippen molar-refractivity contribution in [1.29, 1.82) is 0 Å². The zero-order valence-corrected chi connectivity index (χ0v) is 19.7. The number of nitrogens with one attached hydrogen (secondary N) is 2. The van der Waals surface area contributed by atoms with Crippen molar-refractivity contribution in [2.24, 2.45) is 5.10 Å². The zero-order chi connectivity index (χ0) is 26.5. The molecule has 0 spiro atoms. The molecule has 36 heavy (non-hydrogen) atoms. The van der Waals surface area contributed by atoms with Gasteiger partial charge in [-0.3, -0.25) is 9.59 Å². The number of carbonyl (C=O) groups is 3. The molecule has 0 aromatic heterocycles. The lowest BCUT2D eigenvalue weighted by Crippen LogP contribution is -2.33. The Morgan fingerprint density at radius 1 is 0.944 bits per heavy atom. The predicted molar refractivity (Wildman–Crippen MR) is 128 cm³/mol. The monoisotopic (exact) mass is 517 g/mol. The molecule has 0 radical (unpaired) electrons. The summed E-state index contributed by atoms with van der Waals surface area (Å²) < 4.78 is 44.0. The SMILES string of the molecule is C/C(=N\NC(=O)C(=O)Nc1cc(C(F)(F)F)ccc1Cl)c1ccc(OC(=O)c2ccccc2C)cc1. The molecule has 2 N–H and O–H groups in total. The molecule has 3 rings (SSSR count). The van der Waals surface area contributed by atoms with Gasteiger partial charge in [-0.25, -0.2) is 10.2 Å². The highest BCUT2D eigenvalue weighted by atomic mass is 35.5. The molecule has 0 heterocycles. The van der Waals surface area contributed by atoms with Crippen molar-refractivity contribution in [3.05, 3.63) is 94.0 Å². The van der Waals surface area contributed by atoms with E-state index in [0.717, 1.165) is 17.7 Å².